The van der Waals surface area contributed by atoms with Crippen molar-refractivity contribution in [2.24, 2.45) is 5.73 Å². The summed E-state index contributed by atoms with van der Waals surface area (Å²) in [7, 11) is 0. The molecule has 0 unspecified atom stereocenters. The number of benzene rings is 1. The molecule has 12 nitrogen and oxygen atoms in total. The van der Waals surface area contributed by atoms with Crippen LogP contribution in [0.25, 0.3) is 11.0 Å². The molecule has 1 aromatic carbocycles. The second-order valence-corrected chi connectivity index (χ2v) is 6.56. The smallest absolute Gasteiger partial charge is 0.336 e. The Labute approximate surface area is 174 Å². The lowest BCUT2D eigenvalue weighted by Gasteiger charge is -2.21. The van der Waals surface area contributed by atoms with Crippen LogP contribution in [0.5, 0.6) is 0 Å². The topological polar surface area (TPSA) is 198 Å². The zero-order valence-corrected chi connectivity index (χ0v) is 16.1. The zero-order chi connectivity index (χ0) is 23.1. The summed E-state index contributed by atoms with van der Waals surface area (Å²) in [5.74, 6) is -4.43. The first-order valence-corrected chi connectivity index (χ1v) is 8.96. The van der Waals surface area contributed by atoms with Crippen molar-refractivity contribution < 1.29 is 43.7 Å². The highest BCUT2D eigenvalue weighted by Gasteiger charge is 2.17. The number of carbonyl (C=O) groups is 4. The Bertz CT molecular complexity index is 1050. The summed E-state index contributed by atoms with van der Waals surface area (Å²) >= 11 is 0. The number of anilines is 1. The highest BCUT2D eigenvalue weighted by Crippen LogP contribution is 2.24. The van der Waals surface area contributed by atoms with Gasteiger partial charge in [0.05, 0.1) is 0 Å². The monoisotopic (exact) mass is 436 g/mol. The largest absolute Gasteiger partial charge is 0.480 e. The maximum absolute atomic E-state index is 11.9. The summed E-state index contributed by atoms with van der Waals surface area (Å²) in [6.45, 7) is -1.47. The van der Waals surface area contributed by atoms with Gasteiger partial charge in [-0.1, -0.05) is 0 Å². The van der Waals surface area contributed by atoms with E-state index in [0.29, 0.717) is 10.9 Å². The summed E-state index contributed by atoms with van der Waals surface area (Å²) in [4.78, 5) is 57.5. The van der Waals surface area contributed by atoms with Crippen LogP contribution in [-0.4, -0.2) is 58.3 Å². The van der Waals surface area contributed by atoms with Crippen LogP contribution in [0, 0.1) is 0 Å². The number of carboxylic acid groups (broad SMARTS) is 3. The third kappa shape index (κ3) is 6.82. The Kier molecular flexibility index (Phi) is 7.69. The number of carbonyl (C=O) groups excluding carboxylic acids is 1. The van der Waals surface area contributed by atoms with E-state index in [4.69, 9.17) is 30.2 Å². The van der Waals surface area contributed by atoms with Gasteiger partial charge in [0, 0.05) is 35.2 Å². The molecule has 31 heavy (non-hydrogen) atoms. The number of hydrogen-bond acceptors (Lipinski definition) is 9. The van der Waals surface area contributed by atoms with Crippen LogP contribution in [0.4, 0.5) is 5.69 Å². The van der Waals surface area contributed by atoms with Gasteiger partial charge in [-0.05, 0) is 18.6 Å². The molecule has 0 spiro atoms. The third-order valence-corrected chi connectivity index (χ3v) is 4.20. The number of rotatable bonds is 11. The fraction of sp³-hybridized carbons (Fsp3) is 0.316. The van der Waals surface area contributed by atoms with Gasteiger partial charge in [0.25, 0.3) is 0 Å². The van der Waals surface area contributed by atoms with Crippen molar-refractivity contribution in [1.82, 2.24) is 0 Å². The number of carboxylic acids is 3. The van der Waals surface area contributed by atoms with Crippen molar-refractivity contribution in [3.63, 3.8) is 0 Å². The quantitative estimate of drug-likeness (QED) is 0.272. The van der Waals surface area contributed by atoms with Gasteiger partial charge in [-0.3, -0.25) is 19.2 Å². The molecule has 0 bridgehead atoms. The molecule has 2 aromatic rings. The molecule has 0 saturated heterocycles. The molecule has 5 N–H and O–H groups in total. The van der Waals surface area contributed by atoms with E-state index in [1.807, 2.05) is 0 Å². The third-order valence-electron chi connectivity index (χ3n) is 4.20. The van der Waals surface area contributed by atoms with E-state index in [1.54, 1.807) is 0 Å². The Morgan fingerprint density at radius 1 is 1.06 bits per heavy atom. The number of ether oxygens (including phenoxy) is 1. The summed E-state index contributed by atoms with van der Waals surface area (Å²) < 4.78 is 10.2. The second kappa shape index (κ2) is 10.2. The Hall–Kier alpha value is -3.93. The molecule has 0 saturated carbocycles. The van der Waals surface area contributed by atoms with Crippen molar-refractivity contribution in [1.29, 1.82) is 0 Å². The predicted octanol–water partition coefficient (Wildman–Crippen LogP) is 0.00390. The van der Waals surface area contributed by atoms with E-state index >= 15 is 0 Å². The van der Waals surface area contributed by atoms with Crippen molar-refractivity contribution in [2.45, 2.75) is 25.5 Å². The molecule has 1 aromatic heterocycles. The van der Waals surface area contributed by atoms with Crippen molar-refractivity contribution in [3.8, 4) is 0 Å². The summed E-state index contributed by atoms with van der Waals surface area (Å²) in [6.07, 6.45) is -0.339. The number of nitrogens with two attached hydrogens (primary N) is 1. The second-order valence-electron chi connectivity index (χ2n) is 6.56. The number of esters is 1. The highest BCUT2D eigenvalue weighted by molar-refractivity contribution is 5.86. The Morgan fingerprint density at radius 3 is 2.29 bits per heavy atom. The Morgan fingerprint density at radius 2 is 1.71 bits per heavy atom. The molecule has 0 radical (unpaired) electrons. The van der Waals surface area contributed by atoms with Crippen LogP contribution in [-0.2, 0) is 30.5 Å². The first-order chi connectivity index (χ1) is 14.6. The fourth-order valence-corrected chi connectivity index (χ4v) is 2.73. The molecular weight excluding hydrogens is 416 g/mol. The van der Waals surface area contributed by atoms with E-state index in [0.717, 1.165) is 11.0 Å². The van der Waals surface area contributed by atoms with Gasteiger partial charge in [-0.15, -0.1) is 0 Å². The number of nitrogens with zero attached hydrogens (tertiary/aromatic N) is 1. The van der Waals surface area contributed by atoms with Gasteiger partial charge >= 0.3 is 29.5 Å². The van der Waals surface area contributed by atoms with Gasteiger partial charge in [0.1, 0.15) is 31.3 Å². The number of fused-ring (bicyclic) bond motifs is 1. The standard InChI is InChI=1S/C19H20N2O10/c20-13(19(28)29)3-4-17(26)30-9-10-5-18(27)31-14-6-11(1-2-12(10)14)21(7-15(22)23)8-16(24)25/h1-2,5-6,13H,3-4,7-9,20H2,(H,22,23)(H,24,25)(H,28,29)/t13-/m0/s1. The SMILES string of the molecule is N[C@@H](CCC(=O)OCc1cc(=O)oc2cc(N(CC(=O)O)CC(=O)O)ccc12)C(=O)O. The minimum atomic E-state index is -1.24. The van der Waals surface area contributed by atoms with E-state index in [-0.39, 0.29) is 30.7 Å². The van der Waals surface area contributed by atoms with E-state index in [1.165, 1.54) is 18.2 Å². The van der Waals surface area contributed by atoms with Gasteiger partial charge in [0.2, 0.25) is 0 Å². The van der Waals surface area contributed by atoms with Crippen LogP contribution >= 0.6 is 0 Å². The molecule has 0 aliphatic rings. The van der Waals surface area contributed by atoms with Crippen molar-refractivity contribution >= 4 is 40.5 Å². The molecule has 1 heterocycles. The van der Waals surface area contributed by atoms with E-state index < -0.39 is 48.6 Å². The average molecular weight is 436 g/mol. The van der Waals surface area contributed by atoms with Gasteiger partial charge in [-0.25, -0.2) is 4.79 Å². The van der Waals surface area contributed by atoms with Crippen LogP contribution in [0.3, 0.4) is 0 Å². The molecule has 1 atom stereocenters. The number of aliphatic carboxylic acids is 3. The molecule has 0 fully saturated rings. The average Bonchev–Trinajstić information content (AvgIpc) is 2.68. The lowest BCUT2D eigenvalue weighted by Crippen LogP contribution is -2.34. The van der Waals surface area contributed by atoms with Crippen LogP contribution in [0.1, 0.15) is 18.4 Å². The van der Waals surface area contributed by atoms with Crippen LogP contribution in [0.2, 0.25) is 0 Å². The highest BCUT2D eigenvalue weighted by atomic mass is 16.5. The fourth-order valence-electron chi connectivity index (χ4n) is 2.73. The normalized spacial score (nSPS) is 11.6. The van der Waals surface area contributed by atoms with Crippen molar-refractivity contribution in [3.05, 3.63) is 40.2 Å². The molecule has 2 rings (SSSR count). The summed E-state index contributed by atoms with van der Waals surface area (Å²) in [6, 6.07) is 4.17. The molecule has 0 amide bonds. The predicted molar refractivity (Wildman–Crippen MR) is 105 cm³/mol. The summed E-state index contributed by atoms with van der Waals surface area (Å²) in [5, 5.41) is 27.1. The molecule has 166 valence electrons. The summed E-state index contributed by atoms with van der Waals surface area (Å²) in [5.41, 5.74) is 5.12. The van der Waals surface area contributed by atoms with E-state index in [9.17, 15) is 24.0 Å². The first kappa shape index (κ1) is 23.3. The van der Waals surface area contributed by atoms with Gasteiger partial charge < -0.3 is 35.1 Å². The van der Waals surface area contributed by atoms with E-state index in [2.05, 4.69) is 0 Å². The minimum absolute atomic E-state index is 0.0460. The van der Waals surface area contributed by atoms with Crippen molar-refractivity contribution in [2.75, 3.05) is 18.0 Å². The van der Waals surface area contributed by atoms with Gasteiger partial charge in [0.15, 0.2) is 0 Å². The Balaban J connectivity index is 2.22. The molecule has 0 aliphatic heterocycles. The maximum atomic E-state index is 11.9. The lowest BCUT2D eigenvalue weighted by molar-refractivity contribution is -0.145. The molecule has 12 heteroatoms. The first-order valence-electron chi connectivity index (χ1n) is 8.96. The maximum Gasteiger partial charge on any atom is 0.336 e. The van der Waals surface area contributed by atoms with Crippen LogP contribution in [0.15, 0.2) is 33.5 Å². The zero-order valence-electron chi connectivity index (χ0n) is 16.1. The molecule has 0 aliphatic carbocycles. The lowest BCUT2D eigenvalue weighted by atomic mass is 10.1. The molecular formula is C19H20N2O10. The van der Waals surface area contributed by atoms with Crippen LogP contribution < -0.4 is 16.3 Å². The van der Waals surface area contributed by atoms with Gasteiger partial charge in [-0.2, -0.15) is 0 Å². The minimum Gasteiger partial charge on any atom is -0.480 e. The number of hydrogen-bond donors (Lipinski definition) is 4.